The molecule has 0 saturated heterocycles. The second-order valence-electron chi connectivity index (χ2n) is 5.59. The minimum Gasteiger partial charge on any atom is -0.444 e. The molecule has 1 rings (SSSR count). The first-order chi connectivity index (χ1) is 8.78. The average Bonchev–Trinajstić information content (AvgIpc) is 2.77. The van der Waals surface area contributed by atoms with E-state index in [1.807, 2.05) is 38.6 Å². The zero-order valence-electron chi connectivity index (χ0n) is 12.2. The Kier molecular flexibility index (Phi) is 5.75. The number of alkyl carbamates (subject to hydrolysis) is 1. The number of carbonyl (C=O) groups excluding carboxylic acids is 1. The van der Waals surface area contributed by atoms with Crippen LogP contribution in [-0.4, -0.2) is 29.3 Å². The van der Waals surface area contributed by atoms with Crippen LogP contribution in [0.5, 0.6) is 0 Å². The molecule has 0 aromatic carbocycles. The number of hydrogen-bond acceptors (Lipinski definition) is 5. The van der Waals surface area contributed by atoms with Gasteiger partial charge >= 0.3 is 6.09 Å². The summed E-state index contributed by atoms with van der Waals surface area (Å²) in [6.07, 6.45) is -0.387. The lowest BCUT2D eigenvalue weighted by Crippen LogP contribution is -2.42. The Morgan fingerprint density at radius 2 is 2.16 bits per heavy atom. The average molecular weight is 285 g/mol. The number of rotatable bonds is 5. The molecule has 5 nitrogen and oxygen atoms in total. The maximum absolute atomic E-state index is 11.5. The summed E-state index contributed by atoms with van der Waals surface area (Å²) in [5.74, 6) is 0. The number of nitrogens with one attached hydrogen (secondary N) is 2. The van der Waals surface area contributed by atoms with Crippen molar-refractivity contribution in [3.05, 3.63) is 16.6 Å². The molecule has 0 saturated carbocycles. The summed E-state index contributed by atoms with van der Waals surface area (Å²) in [5, 5.41) is 8.14. The van der Waals surface area contributed by atoms with Crippen molar-refractivity contribution in [2.45, 2.75) is 52.3 Å². The molecular weight excluding hydrogens is 262 g/mol. The van der Waals surface area contributed by atoms with Crippen molar-refractivity contribution in [2.24, 2.45) is 0 Å². The molecule has 19 heavy (non-hydrogen) atoms. The van der Waals surface area contributed by atoms with E-state index in [9.17, 15) is 4.79 Å². The third-order valence-electron chi connectivity index (χ3n) is 2.38. The lowest BCUT2D eigenvalue weighted by molar-refractivity contribution is 0.0522. The van der Waals surface area contributed by atoms with E-state index < -0.39 is 5.60 Å². The predicted molar refractivity (Wildman–Crippen MR) is 77.4 cm³/mol. The molecule has 1 aromatic heterocycles. The second-order valence-corrected chi connectivity index (χ2v) is 6.30. The number of carbonyl (C=O) groups is 1. The van der Waals surface area contributed by atoms with Crippen molar-refractivity contribution in [3.8, 4) is 0 Å². The van der Waals surface area contributed by atoms with Gasteiger partial charge in [0.25, 0.3) is 0 Å². The van der Waals surface area contributed by atoms with Crippen LogP contribution in [0.4, 0.5) is 4.79 Å². The van der Waals surface area contributed by atoms with E-state index in [4.69, 9.17) is 4.74 Å². The van der Waals surface area contributed by atoms with Gasteiger partial charge < -0.3 is 15.4 Å². The highest BCUT2D eigenvalue weighted by atomic mass is 32.1. The molecule has 0 radical (unpaired) electrons. The zero-order valence-corrected chi connectivity index (χ0v) is 13.0. The van der Waals surface area contributed by atoms with E-state index in [2.05, 4.69) is 22.5 Å². The molecule has 1 amide bonds. The Balaban J connectivity index is 2.28. The maximum Gasteiger partial charge on any atom is 0.407 e. The zero-order chi connectivity index (χ0) is 14.5. The van der Waals surface area contributed by atoms with Crippen LogP contribution < -0.4 is 10.6 Å². The van der Waals surface area contributed by atoms with Gasteiger partial charge in [0.2, 0.25) is 0 Å². The number of thiazole rings is 1. The van der Waals surface area contributed by atoms with Gasteiger partial charge in [0.05, 0.1) is 11.2 Å². The summed E-state index contributed by atoms with van der Waals surface area (Å²) < 4.78 is 5.18. The molecule has 108 valence electrons. The van der Waals surface area contributed by atoms with E-state index in [-0.39, 0.29) is 18.2 Å². The van der Waals surface area contributed by atoms with Gasteiger partial charge in [0.15, 0.2) is 0 Å². The van der Waals surface area contributed by atoms with Crippen molar-refractivity contribution >= 4 is 17.4 Å². The molecule has 0 aliphatic rings. The molecule has 2 N–H and O–H groups in total. The van der Waals surface area contributed by atoms with E-state index in [0.717, 1.165) is 5.69 Å². The molecule has 1 aromatic rings. The lowest BCUT2D eigenvalue weighted by Gasteiger charge is -2.22. The van der Waals surface area contributed by atoms with Crippen molar-refractivity contribution in [2.75, 3.05) is 6.54 Å². The van der Waals surface area contributed by atoms with Crippen molar-refractivity contribution < 1.29 is 9.53 Å². The van der Waals surface area contributed by atoms with Crippen LogP contribution in [0.3, 0.4) is 0 Å². The number of nitrogens with zero attached hydrogens (tertiary/aromatic N) is 1. The highest BCUT2D eigenvalue weighted by Crippen LogP contribution is 2.12. The van der Waals surface area contributed by atoms with Crippen molar-refractivity contribution in [1.82, 2.24) is 15.6 Å². The van der Waals surface area contributed by atoms with Crippen LogP contribution in [0.25, 0.3) is 0 Å². The van der Waals surface area contributed by atoms with Crippen LogP contribution in [0.1, 0.15) is 46.4 Å². The Labute approximate surface area is 118 Å². The van der Waals surface area contributed by atoms with Gasteiger partial charge in [-0.2, -0.15) is 0 Å². The Bertz CT molecular complexity index is 387. The van der Waals surface area contributed by atoms with Gasteiger partial charge in [0, 0.05) is 24.0 Å². The predicted octanol–water partition coefficient (Wildman–Crippen LogP) is 2.71. The molecule has 0 aliphatic carbocycles. The van der Waals surface area contributed by atoms with E-state index in [1.165, 1.54) is 0 Å². The van der Waals surface area contributed by atoms with E-state index in [0.29, 0.717) is 6.54 Å². The third kappa shape index (κ3) is 6.54. The molecule has 6 heteroatoms. The monoisotopic (exact) mass is 285 g/mol. The Morgan fingerprint density at radius 1 is 1.47 bits per heavy atom. The number of ether oxygens (including phenoxy) is 1. The number of amides is 1. The highest BCUT2D eigenvalue weighted by Gasteiger charge is 2.17. The van der Waals surface area contributed by atoms with Gasteiger partial charge in [0.1, 0.15) is 5.60 Å². The third-order valence-corrected chi connectivity index (χ3v) is 2.99. The van der Waals surface area contributed by atoms with Crippen LogP contribution in [0, 0.1) is 0 Å². The quantitative estimate of drug-likeness (QED) is 0.873. The number of hydrogen-bond donors (Lipinski definition) is 2. The lowest BCUT2D eigenvalue weighted by atomic mass is 10.2. The van der Waals surface area contributed by atoms with Crippen molar-refractivity contribution in [3.63, 3.8) is 0 Å². The van der Waals surface area contributed by atoms with Gasteiger partial charge in [-0.1, -0.05) is 0 Å². The summed E-state index contributed by atoms with van der Waals surface area (Å²) in [6, 6.07) is 0.311. The van der Waals surface area contributed by atoms with Gasteiger partial charge in [-0.25, -0.2) is 9.78 Å². The van der Waals surface area contributed by atoms with E-state index in [1.54, 1.807) is 11.3 Å². The molecule has 0 fully saturated rings. The summed E-state index contributed by atoms with van der Waals surface area (Å²) in [7, 11) is 0. The molecule has 2 unspecified atom stereocenters. The molecule has 0 aliphatic heterocycles. The molecule has 0 spiro atoms. The topological polar surface area (TPSA) is 63.2 Å². The van der Waals surface area contributed by atoms with Gasteiger partial charge in [-0.3, -0.25) is 0 Å². The first-order valence-electron chi connectivity index (χ1n) is 6.39. The van der Waals surface area contributed by atoms with Gasteiger partial charge in [-0.05, 0) is 34.6 Å². The van der Waals surface area contributed by atoms with E-state index >= 15 is 0 Å². The minimum atomic E-state index is -0.464. The Morgan fingerprint density at radius 3 is 2.68 bits per heavy atom. The van der Waals surface area contributed by atoms with Crippen LogP contribution in [-0.2, 0) is 4.74 Å². The minimum absolute atomic E-state index is 0.143. The summed E-state index contributed by atoms with van der Waals surface area (Å²) in [4.78, 5) is 15.8. The summed E-state index contributed by atoms with van der Waals surface area (Å²) in [6.45, 7) is 10.1. The fourth-order valence-corrected chi connectivity index (χ4v) is 2.21. The Hall–Kier alpha value is -1.14. The first-order valence-corrected chi connectivity index (χ1v) is 7.33. The highest BCUT2D eigenvalue weighted by molar-refractivity contribution is 7.07. The first kappa shape index (κ1) is 15.9. The van der Waals surface area contributed by atoms with Crippen LogP contribution >= 0.6 is 11.3 Å². The molecule has 0 bridgehead atoms. The molecule has 1 heterocycles. The molecule has 2 atom stereocenters. The molecular formula is C13H23N3O2S. The standard InChI is InChI=1S/C13H23N3O2S/c1-9(6-14-12(17)18-13(3,4)5)16-10(2)11-7-19-8-15-11/h7-10,16H,6H2,1-5H3,(H,14,17). The van der Waals surface area contributed by atoms with Crippen molar-refractivity contribution in [1.29, 1.82) is 0 Å². The van der Waals surface area contributed by atoms with Crippen LogP contribution in [0.15, 0.2) is 10.9 Å². The van der Waals surface area contributed by atoms with Crippen LogP contribution in [0.2, 0.25) is 0 Å². The normalized spacial score (nSPS) is 14.8. The maximum atomic E-state index is 11.5. The smallest absolute Gasteiger partial charge is 0.407 e. The number of aromatic nitrogens is 1. The second kappa shape index (κ2) is 6.86. The fourth-order valence-electron chi connectivity index (χ4n) is 1.56. The summed E-state index contributed by atoms with van der Waals surface area (Å²) in [5.41, 5.74) is 2.38. The van der Waals surface area contributed by atoms with Gasteiger partial charge in [-0.15, -0.1) is 11.3 Å². The fraction of sp³-hybridized carbons (Fsp3) is 0.692. The SMILES string of the molecule is CC(CNC(=O)OC(C)(C)C)NC(C)c1cscn1. The largest absolute Gasteiger partial charge is 0.444 e. The summed E-state index contributed by atoms with van der Waals surface area (Å²) >= 11 is 1.58.